The van der Waals surface area contributed by atoms with Gasteiger partial charge in [-0.25, -0.2) is 8.78 Å². The van der Waals surface area contributed by atoms with E-state index in [0.29, 0.717) is 5.39 Å². The molecule has 2 aromatic carbocycles. The van der Waals surface area contributed by atoms with Gasteiger partial charge < -0.3 is 5.32 Å². The van der Waals surface area contributed by atoms with E-state index in [9.17, 15) is 13.6 Å². The molecule has 3 rings (SSSR count). The summed E-state index contributed by atoms with van der Waals surface area (Å²) < 4.78 is 26.9. The SMILES string of the molecule is O=C(Nc1ccccc1F)c1[nH]nc2c(F)cccc12. The Hall–Kier alpha value is -2.76. The van der Waals surface area contributed by atoms with Gasteiger partial charge in [-0.1, -0.05) is 24.3 Å². The number of carbonyl (C=O) groups is 1. The highest BCUT2D eigenvalue weighted by atomic mass is 19.1. The standard InChI is InChI=1S/C14H9F2N3O/c15-9-5-1-2-7-11(9)17-14(20)13-8-4-3-6-10(16)12(8)18-19-13/h1-7H,(H,17,20)(H,18,19). The van der Waals surface area contributed by atoms with E-state index >= 15 is 0 Å². The summed E-state index contributed by atoms with van der Waals surface area (Å²) in [6, 6.07) is 10.1. The van der Waals surface area contributed by atoms with Gasteiger partial charge in [-0.15, -0.1) is 0 Å². The van der Waals surface area contributed by atoms with Crippen molar-refractivity contribution in [1.82, 2.24) is 10.2 Å². The van der Waals surface area contributed by atoms with Crippen LogP contribution < -0.4 is 5.32 Å². The molecule has 20 heavy (non-hydrogen) atoms. The van der Waals surface area contributed by atoms with Crippen molar-refractivity contribution >= 4 is 22.5 Å². The van der Waals surface area contributed by atoms with Crippen LogP contribution in [0.25, 0.3) is 10.9 Å². The van der Waals surface area contributed by atoms with Crippen LogP contribution in [0.4, 0.5) is 14.5 Å². The number of carbonyl (C=O) groups excluding carboxylic acids is 1. The second-order valence-corrected chi connectivity index (χ2v) is 4.17. The van der Waals surface area contributed by atoms with E-state index in [1.165, 1.54) is 30.3 Å². The predicted molar refractivity (Wildman–Crippen MR) is 70.4 cm³/mol. The largest absolute Gasteiger partial charge is 0.318 e. The molecular weight excluding hydrogens is 264 g/mol. The lowest BCUT2D eigenvalue weighted by atomic mass is 10.2. The average molecular weight is 273 g/mol. The second kappa shape index (κ2) is 4.73. The lowest BCUT2D eigenvalue weighted by Gasteiger charge is -2.04. The molecule has 0 aliphatic heterocycles. The van der Waals surface area contributed by atoms with E-state index in [1.54, 1.807) is 12.1 Å². The molecule has 0 fully saturated rings. The third-order valence-electron chi connectivity index (χ3n) is 2.88. The highest BCUT2D eigenvalue weighted by Gasteiger charge is 2.16. The van der Waals surface area contributed by atoms with Crippen molar-refractivity contribution in [3.63, 3.8) is 0 Å². The maximum absolute atomic E-state index is 13.5. The monoisotopic (exact) mass is 273 g/mol. The Bertz CT molecular complexity index is 798. The number of amides is 1. The van der Waals surface area contributed by atoms with Crippen LogP contribution in [-0.2, 0) is 0 Å². The number of fused-ring (bicyclic) bond motifs is 1. The first-order valence-corrected chi connectivity index (χ1v) is 5.85. The maximum Gasteiger partial charge on any atom is 0.274 e. The Morgan fingerprint density at radius 3 is 2.60 bits per heavy atom. The van der Waals surface area contributed by atoms with Crippen LogP contribution in [0.3, 0.4) is 0 Å². The van der Waals surface area contributed by atoms with E-state index in [-0.39, 0.29) is 16.9 Å². The average Bonchev–Trinajstić information content (AvgIpc) is 2.87. The van der Waals surface area contributed by atoms with Crippen LogP contribution in [0.2, 0.25) is 0 Å². The van der Waals surface area contributed by atoms with Gasteiger partial charge in [-0.05, 0) is 18.2 Å². The summed E-state index contributed by atoms with van der Waals surface area (Å²) in [5.74, 6) is -1.65. The molecular formula is C14H9F2N3O. The molecule has 0 saturated heterocycles. The van der Waals surface area contributed by atoms with E-state index in [4.69, 9.17) is 0 Å². The summed E-state index contributed by atoms with van der Waals surface area (Å²) in [5, 5.41) is 8.98. The number of halogens is 2. The van der Waals surface area contributed by atoms with E-state index < -0.39 is 17.5 Å². The first-order chi connectivity index (χ1) is 9.66. The molecule has 100 valence electrons. The fraction of sp³-hybridized carbons (Fsp3) is 0. The van der Waals surface area contributed by atoms with Gasteiger partial charge in [-0.2, -0.15) is 5.10 Å². The number of nitrogens with one attached hydrogen (secondary N) is 2. The molecule has 0 atom stereocenters. The maximum atomic E-state index is 13.5. The Labute approximate surface area is 112 Å². The summed E-state index contributed by atoms with van der Waals surface area (Å²) in [5.41, 5.74) is 0.214. The van der Waals surface area contributed by atoms with Gasteiger partial charge in [0.05, 0.1) is 5.69 Å². The fourth-order valence-electron chi connectivity index (χ4n) is 1.92. The molecule has 0 aliphatic rings. The summed E-state index contributed by atoms with van der Waals surface area (Å²) in [4.78, 5) is 12.1. The van der Waals surface area contributed by atoms with Crippen LogP contribution in [0.5, 0.6) is 0 Å². The number of aromatic amines is 1. The molecule has 0 spiro atoms. The zero-order chi connectivity index (χ0) is 14.1. The van der Waals surface area contributed by atoms with Crippen molar-refractivity contribution in [3.8, 4) is 0 Å². The molecule has 0 bridgehead atoms. The van der Waals surface area contributed by atoms with Gasteiger partial charge in [0.25, 0.3) is 5.91 Å². The van der Waals surface area contributed by atoms with Gasteiger partial charge >= 0.3 is 0 Å². The predicted octanol–water partition coefficient (Wildman–Crippen LogP) is 3.09. The van der Waals surface area contributed by atoms with Crippen LogP contribution >= 0.6 is 0 Å². The normalized spacial score (nSPS) is 10.7. The fourth-order valence-corrected chi connectivity index (χ4v) is 1.92. The first-order valence-electron chi connectivity index (χ1n) is 5.85. The number of aromatic nitrogens is 2. The Kier molecular flexibility index (Phi) is 2.90. The lowest BCUT2D eigenvalue weighted by Crippen LogP contribution is -2.13. The zero-order valence-electron chi connectivity index (χ0n) is 10.2. The van der Waals surface area contributed by atoms with Crippen molar-refractivity contribution in [2.75, 3.05) is 5.32 Å². The van der Waals surface area contributed by atoms with Crippen molar-refractivity contribution in [2.45, 2.75) is 0 Å². The molecule has 4 nitrogen and oxygen atoms in total. The van der Waals surface area contributed by atoms with Crippen molar-refractivity contribution in [3.05, 3.63) is 59.8 Å². The number of benzene rings is 2. The molecule has 1 aromatic heterocycles. The molecule has 0 unspecified atom stereocenters. The smallest absolute Gasteiger partial charge is 0.274 e. The van der Waals surface area contributed by atoms with E-state index in [2.05, 4.69) is 15.5 Å². The van der Waals surface area contributed by atoms with Gasteiger partial charge in [0, 0.05) is 5.39 Å². The number of rotatable bonds is 2. The number of H-pyrrole nitrogens is 1. The van der Waals surface area contributed by atoms with Gasteiger partial charge in [0.1, 0.15) is 17.0 Å². The minimum Gasteiger partial charge on any atom is -0.318 e. The van der Waals surface area contributed by atoms with Crippen LogP contribution in [0.1, 0.15) is 10.5 Å². The molecule has 2 N–H and O–H groups in total. The number of hydrogen-bond donors (Lipinski definition) is 2. The second-order valence-electron chi connectivity index (χ2n) is 4.17. The highest BCUT2D eigenvalue weighted by molar-refractivity contribution is 6.11. The van der Waals surface area contributed by atoms with Gasteiger partial charge in [0.2, 0.25) is 0 Å². The van der Waals surface area contributed by atoms with Crippen molar-refractivity contribution in [1.29, 1.82) is 0 Å². The summed E-state index contributed by atoms with van der Waals surface area (Å²) in [6.07, 6.45) is 0. The molecule has 3 aromatic rings. The zero-order valence-corrected chi connectivity index (χ0v) is 10.2. The Morgan fingerprint density at radius 2 is 1.80 bits per heavy atom. The Morgan fingerprint density at radius 1 is 1.05 bits per heavy atom. The molecule has 1 heterocycles. The van der Waals surface area contributed by atoms with Crippen LogP contribution in [0, 0.1) is 11.6 Å². The number of anilines is 1. The Balaban J connectivity index is 1.98. The van der Waals surface area contributed by atoms with Gasteiger partial charge in [0.15, 0.2) is 5.82 Å². The molecule has 0 aliphatic carbocycles. The quantitative estimate of drug-likeness (QED) is 0.753. The summed E-state index contributed by atoms with van der Waals surface area (Å²) in [7, 11) is 0. The minimum absolute atomic E-state index is 0.0525. The molecule has 1 amide bonds. The minimum atomic E-state index is -0.580. The third kappa shape index (κ3) is 2.01. The van der Waals surface area contributed by atoms with Crippen LogP contribution in [0.15, 0.2) is 42.5 Å². The highest BCUT2D eigenvalue weighted by Crippen LogP contribution is 2.20. The summed E-state index contributed by atoms with van der Waals surface area (Å²) in [6.45, 7) is 0. The van der Waals surface area contributed by atoms with Crippen molar-refractivity contribution < 1.29 is 13.6 Å². The third-order valence-corrected chi connectivity index (χ3v) is 2.88. The van der Waals surface area contributed by atoms with Crippen molar-refractivity contribution in [2.24, 2.45) is 0 Å². The molecule has 0 radical (unpaired) electrons. The van der Waals surface area contributed by atoms with Gasteiger partial charge in [-0.3, -0.25) is 9.89 Å². The number of nitrogens with zero attached hydrogens (tertiary/aromatic N) is 1. The summed E-state index contributed by atoms with van der Waals surface area (Å²) >= 11 is 0. The topological polar surface area (TPSA) is 57.8 Å². The van der Waals surface area contributed by atoms with E-state index in [0.717, 1.165) is 0 Å². The molecule has 6 heteroatoms. The van der Waals surface area contributed by atoms with Crippen LogP contribution in [-0.4, -0.2) is 16.1 Å². The van der Waals surface area contributed by atoms with E-state index in [1.807, 2.05) is 0 Å². The molecule has 0 saturated carbocycles. The first kappa shape index (κ1) is 12.3. The number of para-hydroxylation sites is 2. The lowest BCUT2D eigenvalue weighted by molar-refractivity contribution is 0.102. The number of hydrogen-bond acceptors (Lipinski definition) is 2.